The fourth-order valence-corrected chi connectivity index (χ4v) is 0.971. The molecule has 1 aromatic rings. The standard InChI is InChI=1S/C11H11F2NO2/c1-2-16-10(15)11(12,13)6-3-9-4-7-14-8-5-9/h3-8H,2H2,1H3/b6-3+. The molecule has 0 aromatic carbocycles. The zero-order valence-electron chi connectivity index (χ0n) is 8.69. The van der Waals surface area contributed by atoms with Crippen LogP contribution in [0.5, 0.6) is 0 Å². The van der Waals surface area contributed by atoms with Crippen LogP contribution in [-0.4, -0.2) is 23.5 Å². The van der Waals surface area contributed by atoms with Gasteiger partial charge in [0.2, 0.25) is 0 Å². The molecule has 0 aliphatic heterocycles. The third-order valence-electron chi connectivity index (χ3n) is 1.74. The molecule has 1 aromatic heterocycles. The second kappa shape index (κ2) is 5.34. The molecule has 3 nitrogen and oxygen atoms in total. The molecule has 0 unspecified atom stereocenters. The van der Waals surface area contributed by atoms with Gasteiger partial charge in [-0.25, -0.2) is 4.79 Å². The molecule has 0 bridgehead atoms. The highest BCUT2D eigenvalue weighted by Gasteiger charge is 2.37. The average molecular weight is 227 g/mol. The quantitative estimate of drug-likeness (QED) is 0.741. The summed E-state index contributed by atoms with van der Waals surface area (Å²) >= 11 is 0. The average Bonchev–Trinajstić information content (AvgIpc) is 2.28. The molecule has 0 spiro atoms. The van der Waals surface area contributed by atoms with Crippen molar-refractivity contribution in [2.24, 2.45) is 0 Å². The summed E-state index contributed by atoms with van der Waals surface area (Å²) in [6.07, 6.45) is 4.61. The van der Waals surface area contributed by atoms with E-state index in [4.69, 9.17) is 0 Å². The van der Waals surface area contributed by atoms with Crippen LogP contribution in [0.4, 0.5) is 8.78 Å². The predicted octanol–water partition coefficient (Wildman–Crippen LogP) is 2.29. The van der Waals surface area contributed by atoms with E-state index in [0.29, 0.717) is 11.6 Å². The van der Waals surface area contributed by atoms with Crippen molar-refractivity contribution in [2.45, 2.75) is 12.8 Å². The lowest BCUT2D eigenvalue weighted by Gasteiger charge is -2.09. The van der Waals surface area contributed by atoms with E-state index in [0.717, 1.165) is 6.08 Å². The number of halogens is 2. The molecule has 0 aliphatic carbocycles. The largest absolute Gasteiger partial charge is 0.461 e. The molecule has 1 rings (SSSR count). The minimum atomic E-state index is -3.60. The number of nitrogens with zero attached hydrogens (tertiary/aromatic N) is 1. The number of aromatic nitrogens is 1. The van der Waals surface area contributed by atoms with Gasteiger partial charge >= 0.3 is 11.9 Å². The molecule has 0 fully saturated rings. The lowest BCUT2D eigenvalue weighted by atomic mass is 10.2. The number of esters is 1. The Hall–Kier alpha value is -1.78. The Morgan fingerprint density at radius 2 is 2.12 bits per heavy atom. The van der Waals surface area contributed by atoms with Gasteiger partial charge in [0.25, 0.3) is 0 Å². The van der Waals surface area contributed by atoms with Crippen LogP contribution in [0, 0.1) is 0 Å². The summed E-state index contributed by atoms with van der Waals surface area (Å²) in [6.45, 7) is 1.40. The van der Waals surface area contributed by atoms with Gasteiger partial charge in [-0.15, -0.1) is 0 Å². The van der Waals surface area contributed by atoms with Crippen LogP contribution in [0.15, 0.2) is 30.6 Å². The number of hydrogen-bond donors (Lipinski definition) is 0. The lowest BCUT2D eigenvalue weighted by molar-refractivity contribution is -0.164. The Bertz CT molecular complexity index is 377. The van der Waals surface area contributed by atoms with E-state index < -0.39 is 11.9 Å². The molecule has 0 aliphatic rings. The van der Waals surface area contributed by atoms with Crippen LogP contribution in [0.25, 0.3) is 6.08 Å². The highest BCUT2D eigenvalue weighted by molar-refractivity contribution is 5.81. The molecule has 5 heteroatoms. The number of carbonyl (C=O) groups is 1. The van der Waals surface area contributed by atoms with Gasteiger partial charge in [0.1, 0.15) is 0 Å². The Balaban J connectivity index is 2.72. The fraction of sp³-hybridized carbons (Fsp3) is 0.273. The van der Waals surface area contributed by atoms with Crippen LogP contribution in [0.1, 0.15) is 12.5 Å². The Morgan fingerprint density at radius 3 is 2.69 bits per heavy atom. The minimum Gasteiger partial charge on any atom is -0.461 e. The van der Waals surface area contributed by atoms with Crippen molar-refractivity contribution >= 4 is 12.0 Å². The predicted molar refractivity (Wildman–Crippen MR) is 54.9 cm³/mol. The van der Waals surface area contributed by atoms with Gasteiger partial charge in [-0.1, -0.05) is 6.08 Å². The third-order valence-corrected chi connectivity index (χ3v) is 1.74. The summed E-state index contributed by atoms with van der Waals surface area (Å²) in [5.74, 6) is -5.14. The zero-order chi connectivity index (χ0) is 12.0. The molecular weight excluding hydrogens is 216 g/mol. The summed E-state index contributed by atoms with van der Waals surface area (Å²) in [7, 11) is 0. The summed E-state index contributed by atoms with van der Waals surface area (Å²) in [5, 5.41) is 0. The summed E-state index contributed by atoms with van der Waals surface area (Å²) < 4.78 is 30.5. The number of hydrogen-bond acceptors (Lipinski definition) is 3. The lowest BCUT2D eigenvalue weighted by Crippen LogP contribution is -2.28. The molecule has 0 saturated carbocycles. The van der Waals surface area contributed by atoms with Crippen molar-refractivity contribution in [1.82, 2.24) is 4.98 Å². The molecule has 0 N–H and O–H groups in total. The van der Waals surface area contributed by atoms with Gasteiger partial charge in [-0.05, 0) is 30.7 Å². The van der Waals surface area contributed by atoms with E-state index in [1.54, 1.807) is 12.1 Å². The van der Waals surface area contributed by atoms with E-state index in [1.807, 2.05) is 0 Å². The first kappa shape index (κ1) is 12.3. The smallest absolute Gasteiger partial charge is 0.381 e. The number of pyridine rings is 1. The summed E-state index contributed by atoms with van der Waals surface area (Å²) in [5.41, 5.74) is 0.541. The van der Waals surface area contributed by atoms with E-state index in [2.05, 4.69) is 9.72 Å². The monoisotopic (exact) mass is 227 g/mol. The maximum atomic E-state index is 13.1. The van der Waals surface area contributed by atoms with Crippen molar-refractivity contribution < 1.29 is 18.3 Å². The van der Waals surface area contributed by atoms with Crippen molar-refractivity contribution in [3.8, 4) is 0 Å². The maximum absolute atomic E-state index is 13.1. The molecule has 0 amide bonds. The Kier molecular flexibility index (Phi) is 4.10. The molecule has 0 radical (unpaired) electrons. The third kappa shape index (κ3) is 3.42. The first-order chi connectivity index (χ1) is 7.56. The van der Waals surface area contributed by atoms with Crippen LogP contribution in [0.2, 0.25) is 0 Å². The number of alkyl halides is 2. The van der Waals surface area contributed by atoms with Crippen LogP contribution < -0.4 is 0 Å². The normalized spacial score (nSPS) is 11.7. The second-order valence-corrected chi connectivity index (χ2v) is 2.96. The molecule has 0 atom stereocenters. The first-order valence-electron chi connectivity index (χ1n) is 4.70. The highest BCUT2D eigenvalue weighted by atomic mass is 19.3. The molecular formula is C11H11F2NO2. The van der Waals surface area contributed by atoms with Gasteiger partial charge in [0.15, 0.2) is 0 Å². The van der Waals surface area contributed by atoms with Crippen molar-refractivity contribution in [3.63, 3.8) is 0 Å². The van der Waals surface area contributed by atoms with E-state index >= 15 is 0 Å². The fourth-order valence-electron chi connectivity index (χ4n) is 0.971. The zero-order valence-corrected chi connectivity index (χ0v) is 8.69. The molecule has 0 saturated heterocycles. The van der Waals surface area contributed by atoms with Gasteiger partial charge in [-0.3, -0.25) is 4.98 Å². The van der Waals surface area contributed by atoms with Gasteiger partial charge in [0.05, 0.1) is 6.61 Å². The van der Waals surface area contributed by atoms with Gasteiger partial charge < -0.3 is 4.74 Å². The van der Waals surface area contributed by atoms with Gasteiger partial charge in [-0.2, -0.15) is 8.78 Å². The van der Waals surface area contributed by atoms with Crippen molar-refractivity contribution in [1.29, 1.82) is 0 Å². The van der Waals surface area contributed by atoms with Crippen LogP contribution >= 0.6 is 0 Å². The van der Waals surface area contributed by atoms with Crippen molar-refractivity contribution in [3.05, 3.63) is 36.2 Å². The number of carbonyl (C=O) groups excluding carboxylic acids is 1. The van der Waals surface area contributed by atoms with Gasteiger partial charge in [0, 0.05) is 12.4 Å². The van der Waals surface area contributed by atoms with E-state index in [-0.39, 0.29) is 6.61 Å². The summed E-state index contributed by atoms with van der Waals surface area (Å²) in [4.78, 5) is 14.6. The molecule has 86 valence electrons. The Labute approximate surface area is 91.8 Å². The molecule has 1 heterocycles. The van der Waals surface area contributed by atoms with Crippen molar-refractivity contribution in [2.75, 3.05) is 6.61 Å². The number of ether oxygens (including phenoxy) is 1. The van der Waals surface area contributed by atoms with E-state index in [1.165, 1.54) is 19.3 Å². The van der Waals surface area contributed by atoms with Crippen LogP contribution in [-0.2, 0) is 9.53 Å². The van der Waals surface area contributed by atoms with E-state index in [9.17, 15) is 13.6 Å². The second-order valence-electron chi connectivity index (χ2n) is 2.96. The topological polar surface area (TPSA) is 39.2 Å². The highest BCUT2D eigenvalue weighted by Crippen LogP contribution is 2.18. The summed E-state index contributed by atoms with van der Waals surface area (Å²) in [6, 6.07) is 3.11. The maximum Gasteiger partial charge on any atom is 0.381 e. The Morgan fingerprint density at radius 1 is 1.50 bits per heavy atom. The minimum absolute atomic E-state index is 0.0719. The number of rotatable bonds is 4. The first-order valence-corrected chi connectivity index (χ1v) is 4.70. The molecule has 16 heavy (non-hydrogen) atoms. The SMILES string of the molecule is CCOC(=O)C(F)(F)/C=C/c1ccncc1. The van der Waals surface area contributed by atoms with Crippen LogP contribution in [0.3, 0.4) is 0 Å².